The van der Waals surface area contributed by atoms with Crippen molar-refractivity contribution >= 4 is 57.6 Å². The lowest BCUT2D eigenvalue weighted by atomic mass is 10.1. The van der Waals surface area contributed by atoms with Crippen molar-refractivity contribution < 1.29 is 19.5 Å². The highest BCUT2D eigenvalue weighted by Gasteiger charge is 2.24. The minimum Gasteiger partial charge on any atom is -0.480 e. The van der Waals surface area contributed by atoms with Gasteiger partial charge in [0.05, 0.1) is 5.02 Å². The first-order valence-electron chi connectivity index (χ1n) is 10.7. The van der Waals surface area contributed by atoms with Crippen LogP contribution in [-0.4, -0.2) is 63.4 Å². The second-order valence-corrected chi connectivity index (χ2v) is 9.60. The van der Waals surface area contributed by atoms with Crippen LogP contribution in [0.15, 0.2) is 65.0 Å². The van der Waals surface area contributed by atoms with Gasteiger partial charge in [0.1, 0.15) is 6.54 Å². The highest BCUT2D eigenvalue weighted by atomic mass is 35.5. The molecule has 2 amide bonds. The van der Waals surface area contributed by atoms with Crippen LogP contribution in [-0.2, 0) is 20.9 Å². The number of amides is 2. The molecule has 3 aromatic rings. The molecule has 1 fully saturated rings. The Kier molecular flexibility index (Phi) is 7.00. The van der Waals surface area contributed by atoms with Crippen molar-refractivity contribution in [3.8, 4) is 0 Å². The summed E-state index contributed by atoms with van der Waals surface area (Å²) in [4.78, 5) is 40.7. The monoisotopic (exact) mass is 497 g/mol. The SMILES string of the molecule is C=C(C(=O)N1CCN(C(C)=O)CC1)c1ccc(Sc2ccc3c(ccn3CC(=O)O)c2)c(Cl)c1. The third-order valence-corrected chi connectivity index (χ3v) is 7.32. The zero-order valence-corrected chi connectivity index (χ0v) is 20.2. The number of fused-ring (bicyclic) bond motifs is 1. The maximum Gasteiger partial charge on any atom is 0.323 e. The first-order valence-corrected chi connectivity index (χ1v) is 11.9. The molecule has 1 saturated heterocycles. The Bertz CT molecular complexity index is 1290. The number of aliphatic carboxylic acids is 1. The lowest BCUT2D eigenvalue weighted by molar-refractivity contribution is -0.137. The molecule has 0 spiro atoms. The fraction of sp³-hybridized carbons (Fsp3) is 0.240. The molecule has 0 bridgehead atoms. The number of rotatable bonds is 6. The van der Waals surface area contributed by atoms with Crippen molar-refractivity contribution in [1.29, 1.82) is 0 Å². The first-order chi connectivity index (χ1) is 16.2. The van der Waals surface area contributed by atoms with Gasteiger partial charge in [0.25, 0.3) is 5.91 Å². The number of nitrogens with zero attached hydrogens (tertiary/aromatic N) is 3. The Morgan fingerprint density at radius 1 is 1.03 bits per heavy atom. The van der Waals surface area contributed by atoms with Gasteiger partial charge >= 0.3 is 5.97 Å². The van der Waals surface area contributed by atoms with E-state index >= 15 is 0 Å². The minimum atomic E-state index is -0.888. The van der Waals surface area contributed by atoms with E-state index in [-0.39, 0.29) is 18.4 Å². The van der Waals surface area contributed by atoms with E-state index in [1.807, 2.05) is 36.4 Å². The number of carbonyl (C=O) groups is 3. The summed E-state index contributed by atoms with van der Waals surface area (Å²) in [6, 6.07) is 13.2. The molecular weight excluding hydrogens is 474 g/mol. The summed E-state index contributed by atoms with van der Waals surface area (Å²) < 4.78 is 1.69. The van der Waals surface area contributed by atoms with Gasteiger partial charge < -0.3 is 19.5 Å². The Balaban J connectivity index is 1.45. The van der Waals surface area contributed by atoms with E-state index in [1.165, 1.54) is 18.7 Å². The predicted octanol–water partition coefficient (Wildman–Crippen LogP) is 4.23. The average Bonchev–Trinajstić information content (AvgIpc) is 3.20. The Labute approximate surface area is 206 Å². The van der Waals surface area contributed by atoms with Crippen molar-refractivity contribution in [3.05, 3.63) is 65.8 Å². The number of carboxylic acids is 1. The number of hydrogen-bond acceptors (Lipinski definition) is 4. The highest BCUT2D eigenvalue weighted by molar-refractivity contribution is 7.99. The van der Waals surface area contributed by atoms with E-state index in [2.05, 4.69) is 6.58 Å². The first kappa shape index (κ1) is 23.9. The zero-order chi connectivity index (χ0) is 24.4. The Morgan fingerprint density at radius 3 is 2.38 bits per heavy atom. The molecule has 2 aromatic carbocycles. The van der Waals surface area contributed by atoms with Gasteiger partial charge in [0, 0.05) is 65.6 Å². The molecule has 7 nitrogen and oxygen atoms in total. The van der Waals surface area contributed by atoms with Crippen LogP contribution in [0.2, 0.25) is 5.02 Å². The van der Waals surface area contributed by atoms with Crippen molar-refractivity contribution in [2.75, 3.05) is 26.2 Å². The quantitative estimate of drug-likeness (QED) is 0.515. The normalized spacial score (nSPS) is 13.8. The molecule has 0 aliphatic carbocycles. The molecule has 34 heavy (non-hydrogen) atoms. The Morgan fingerprint density at radius 2 is 1.74 bits per heavy atom. The predicted molar refractivity (Wildman–Crippen MR) is 133 cm³/mol. The molecular formula is C25H24ClN3O4S. The fourth-order valence-corrected chi connectivity index (χ4v) is 5.13. The van der Waals surface area contributed by atoms with Crippen LogP contribution >= 0.6 is 23.4 Å². The smallest absolute Gasteiger partial charge is 0.323 e. The Hall–Kier alpha value is -3.23. The van der Waals surface area contributed by atoms with E-state index in [9.17, 15) is 14.4 Å². The third kappa shape index (κ3) is 5.13. The van der Waals surface area contributed by atoms with Crippen LogP contribution in [0.5, 0.6) is 0 Å². The topological polar surface area (TPSA) is 82.9 Å². The number of halogens is 1. The van der Waals surface area contributed by atoms with E-state index in [0.29, 0.717) is 42.3 Å². The van der Waals surface area contributed by atoms with Crippen molar-refractivity contribution in [1.82, 2.24) is 14.4 Å². The summed E-state index contributed by atoms with van der Waals surface area (Å²) in [5.74, 6) is -1.03. The number of piperazine rings is 1. The molecule has 176 valence electrons. The number of carbonyl (C=O) groups excluding carboxylic acids is 2. The molecule has 2 heterocycles. The summed E-state index contributed by atoms with van der Waals surface area (Å²) in [5.41, 5.74) is 1.89. The molecule has 1 aliphatic rings. The summed E-state index contributed by atoms with van der Waals surface area (Å²) in [5, 5.41) is 10.5. The molecule has 9 heteroatoms. The van der Waals surface area contributed by atoms with Crippen molar-refractivity contribution in [2.24, 2.45) is 0 Å². The van der Waals surface area contributed by atoms with E-state index in [4.69, 9.17) is 16.7 Å². The number of benzene rings is 2. The molecule has 1 aromatic heterocycles. The molecule has 0 unspecified atom stereocenters. The van der Waals surface area contributed by atoms with Crippen LogP contribution in [0, 0.1) is 0 Å². The summed E-state index contributed by atoms with van der Waals surface area (Å²) >= 11 is 8.04. The van der Waals surface area contributed by atoms with E-state index in [0.717, 1.165) is 20.7 Å². The zero-order valence-electron chi connectivity index (χ0n) is 18.7. The van der Waals surface area contributed by atoms with Crippen LogP contribution in [0.25, 0.3) is 16.5 Å². The molecule has 0 atom stereocenters. The van der Waals surface area contributed by atoms with Gasteiger partial charge in [0.15, 0.2) is 0 Å². The second kappa shape index (κ2) is 9.95. The largest absolute Gasteiger partial charge is 0.480 e. The van der Waals surface area contributed by atoms with Crippen LogP contribution in [0.3, 0.4) is 0 Å². The van der Waals surface area contributed by atoms with Gasteiger partial charge in [-0.15, -0.1) is 0 Å². The van der Waals surface area contributed by atoms with Crippen molar-refractivity contribution in [3.63, 3.8) is 0 Å². The number of carboxylic acid groups (broad SMARTS) is 1. The molecule has 1 aliphatic heterocycles. The average molecular weight is 498 g/mol. The second-order valence-electron chi connectivity index (χ2n) is 8.08. The molecule has 1 N–H and O–H groups in total. The summed E-state index contributed by atoms with van der Waals surface area (Å²) in [6.07, 6.45) is 1.76. The van der Waals surface area contributed by atoms with Gasteiger partial charge in [-0.2, -0.15) is 0 Å². The maximum absolute atomic E-state index is 12.9. The highest BCUT2D eigenvalue weighted by Crippen LogP contribution is 2.36. The van der Waals surface area contributed by atoms with Gasteiger partial charge in [-0.05, 0) is 42.0 Å². The maximum atomic E-state index is 12.9. The lowest BCUT2D eigenvalue weighted by Gasteiger charge is -2.34. The van der Waals surface area contributed by atoms with Crippen LogP contribution in [0.4, 0.5) is 0 Å². The fourth-order valence-electron chi connectivity index (χ4n) is 3.96. The molecule has 0 radical (unpaired) electrons. The van der Waals surface area contributed by atoms with Gasteiger partial charge in [-0.1, -0.05) is 36.0 Å². The standard InChI is InChI=1S/C25H24ClN3O4S/c1-16(25(33)28-11-9-27(10-12-28)17(2)30)18-3-6-23(21(26)14-18)34-20-4-5-22-19(13-20)7-8-29(22)15-24(31)32/h3-8,13-14H,1,9-12,15H2,2H3,(H,31,32). The number of aromatic nitrogens is 1. The van der Waals surface area contributed by atoms with E-state index < -0.39 is 5.97 Å². The summed E-state index contributed by atoms with van der Waals surface area (Å²) in [6.45, 7) is 7.44. The van der Waals surface area contributed by atoms with Crippen molar-refractivity contribution in [2.45, 2.75) is 23.3 Å². The number of hydrogen-bond donors (Lipinski definition) is 1. The minimum absolute atomic E-state index is 0.0165. The molecule has 0 saturated carbocycles. The molecule has 4 rings (SSSR count). The van der Waals surface area contributed by atoms with Crippen LogP contribution < -0.4 is 0 Å². The van der Waals surface area contributed by atoms with Gasteiger partial charge in [0.2, 0.25) is 5.91 Å². The van der Waals surface area contributed by atoms with Gasteiger partial charge in [-0.3, -0.25) is 14.4 Å². The lowest BCUT2D eigenvalue weighted by Crippen LogP contribution is -2.50. The van der Waals surface area contributed by atoms with Gasteiger partial charge in [-0.25, -0.2) is 0 Å². The van der Waals surface area contributed by atoms with E-state index in [1.54, 1.807) is 26.6 Å². The van der Waals surface area contributed by atoms with Crippen LogP contribution in [0.1, 0.15) is 12.5 Å². The third-order valence-electron chi connectivity index (χ3n) is 5.83. The summed E-state index contributed by atoms with van der Waals surface area (Å²) in [7, 11) is 0.